The van der Waals surface area contributed by atoms with Crippen LogP contribution < -0.4 is 5.32 Å². The van der Waals surface area contributed by atoms with Crippen LogP contribution in [0.2, 0.25) is 5.15 Å². The zero-order chi connectivity index (χ0) is 13.7. The Labute approximate surface area is 120 Å². The van der Waals surface area contributed by atoms with E-state index in [-0.39, 0.29) is 0 Å². The molecule has 19 heavy (non-hydrogen) atoms. The predicted molar refractivity (Wildman–Crippen MR) is 80.7 cm³/mol. The van der Waals surface area contributed by atoms with E-state index in [1.54, 1.807) is 35.0 Å². The van der Waals surface area contributed by atoms with Crippen molar-refractivity contribution in [3.8, 4) is 5.69 Å². The molecule has 0 aliphatic heterocycles. The van der Waals surface area contributed by atoms with E-state index in [4.69, 9.17) is 17.0 Å². The molecular weight excluding hydrogens is 282 g/mol. The molecule has 100 valence electrons. The fraction of sp³-hybridized carbons (Fsp3) is 0.250. The van der Waals surface area contributed by atoms with Crippen molar-refractivity contribution in [3.05, 3.63) is 35.9 Å². The molecule has 0 bridgehead atoms. The molecule has 2 heterocycles. The Kier molecular flexibility index (Phi) is 4.81. The fourth-order valence-electron chi connectivity index (χ4n) is 1.49. The van der Waals surface area contributed by atoms with Crippen LogP contribution in [0.5, 0.6) is 0 Å². The van der Waals surface area contributed by atoms with Gasteiger partial charge in [0.05, 0.1) is 29.6 Å². The Morgan fingerprint density at radius 1 is 1.58 bits per heavy atom. The molecule has 0 amide bonds. The van der Waals surface area contributed by atoms with Crippen molar-refractivity contribution in [2.75, 3.05) is 17.3 Å². The second-order valence-corrected chi connectivity index (χ2v) is 5.18. The molecule has 7 heteroatoms. The highest BCUT2D eigenvalue weighted by molar-refractivity contribution is 7.98. The lowest BCUT2D eigenvalue weighted by atomic mass is 10.4. The van der Waals surface area contributed by atoms with E-state index in [2.05, 4.69) is 15.4 Å². The summed E-state index contributed by atoms with van der Waals surface area (Å²) in [6.07, 6.45) is 7.85. The van der Waals surface area contributed by atoms with E-state index >= 15 is 0 Å². The first kappa shape index (κ1) is 13.9. The van der Waals surface area contributed by atoms with Gasteiger partial charge < -0.3 is 5.32 Å². The van der Waals surface area contributed by atoms with E-state index in [1.807, 2.05) is 18.4 Å². The molecule has 0 radical (unpaired) electrons. The summed E-state index contributed by atoms with van der Waals surface area (Å²) in [5.74, 6) is 1.34. The van der Waals surface area contributed by atoms with Crippen LogP contribution in [0.1, 0.15) is 6.42 Å². The SMILES string of the molecule is CSCCC(=N)Nc1cn(-c2cccnc2)nc1Cl. The van der Waals surface area contributed by atoms with E-state index in [9.17, 15) is 0 Å². The molecule has 0 fully saturated rings. The number of nitrogens with one attached hydrogen (secondary N) is 2. The number of amidine groups is 1. The minimum atomic E-state index is 0.345. The van der Waals surface area contributed by atoms with Crippen LogP contribution in [0.15, 0.2) is 30.7 Å². The minimum absolute atomic E-state index is 0.345. The molecule has 2 rings (SSSR count). The summed E-state index contributed by atoms with van der Waals surface area (Å²) in [4.78, 5) is 4.03. The number of thioether (sulfide) groups is 1. The fourth-order valence-corrected chi connectivity index (χ4v) is 2.07. The number of rotatable bonds is 5. The van der Waals surface area contributed by atoms with Gasteiger partial charge in [0.25, 0.3) is 0 Å². The first-order valence-corrected chi connectivity index (χ1v) is 7.47. The van der Waals surface area contributed by atoms with Crippen molar-refractivity contribution >= 4 is 34.9 Å². The van der Waals surface area contributed by atoms with Crippen LogP contribution in [0.4, 0.5) is 5.69 Å². The first-order chi connectivity index (χ1) is 9.20. The molecule has 0 saturated carbocycles. The van der Waals surface area contributed by atoms with Gasteiger partial charge in [-0.1, -0.05) is 11.6 Å². The highest BCUT2D eigenvalue weighted by Gasteiger charge is 2.09. The van der Waals surface area contributed by atoms with Gasteiger partial charge in [-0.05, 0) is 24.1 Å². The standard InChI is InChI=1S/C12H14ClN5S/c1-19-6-4-11(14)16-10-8-18(17-12(10)13)9-3-2-5-15-7-9/h2-3,5,7-8H,4,6H2,1H3,(H2,14,16). The van der Waals surface area contributed by atoms with Crippen molar-refractivity contribution < 1.29 is 0 Å². The summed E-state index contributed by atoms with van der Waals surface area (Å²) in [6, 6.07) is 3.72. The van der Waals surface area contributed by atoms with Crippen molar-refractivity contribution in [2.24, 2.45) is 0 Å². The maximum Gasteiger partial charge on any atom is 0.174 e. The molecule has 2 N–H and O–H groups in total. The molecule has 0 atom stereocenters. The third-order valence-corrected chi connectivity index (χ3v) is 3.31. The van der Waals surface area contributed by atoms with Gasteiger partial charge in [0, 0.05) is 12.6 Å². The lowest BCUT2D eigenvalue weighted by molar-refractivity contribution is 0.874. The van der Waals surface area contributed by atoms with Gasteiger partial charge in [0.15, 0.2) is 5.15 Å². The second kappa shape index (κ2) is 6.58. The maximum atomic E-state index is 7.81. The summed E-state index contributed by atoms with van der Waals surface area (Å²) in [5.41, 5.74) is 1.46. The van der Waals surface area contributed by atoms with Crippen LogP contribution in [0, 0.1) is 5.41 Å². The zero-order valence-electron chi connectivity index (χ0n) is 10.4. The highest BCUT2D eigenvalue weighted by atomic mass is 35.5. The predicted octanol–water partition coefficient (Wildman–Crippen LogP) is 3.06. The molecule has 0 aliphatic carbocycles. The lowest BCUT2D eigenvalue weighted by Gasteiger charge is -2.04. The smallest absolute Gasteiger partial charge is 0.174 e. The summed E-state index contributed by atoms with van der Waals surface area (Å²) in [5, 5.41) is 15.3. The Morgan fingerprint density at radius 2 is 2.42 bits per heavy atom. The number of aromatic nitrogens is 3. The average molecular weight is 296 g/mol. The lowest BCUT2D eigenvalue weighted by Crippen LogP contribution is -2.11. The number of nitrogens with zero attached hydrogens (tertiary/aromatic N) is 3. The molecule has 2 aromatic rings. The molecule has 2 aromatic heterocycles. The van der Waals surface area contributed by atoms with Gasteiger partial charge in [-0.15, -0.1) is 0 Å². The topological polar surface area (TPSA) is 66.6 Å². The second-order valence-electron chi connectivity index (χ2n) is 3.84. The third-order valence-electron chi connectivity index (χ3n) is 2.42. The van der Waals surface area contributed by atoms with E-state index < -0.39 is 0 Å². The molecule has 0 unspecified atom stereocenters. The largest absolute Gasteiger partial charge is 0.340 e. The Bertz CT molecular complexity index is 555. The number of anilines is 1. The molecule has 0 saturated heterocycles. The van der Waals surface area contributed by atoms with Crippen LogP contribution in [0.25, 0.3) is 5.69 Å². The average Bonchev–Trinajstić information content (AvgIpc) is 2.79. The van der Waals surface area contributed by atoms with Gasteiger partial charge in [-0.25, -0.2) is 4.68 Å². The summed E-state index contributed by atoms with van der Waals surface area (Å²) >= 11 is 7.76. The van der Waals surface area contributed by atoms with Gasteiger partial charge in [0.2, 0.25) is 0 Å². The quantitative estimate of drug-likeness (QED) is 0.657. The van der Waals surface area contributed by atoms with Crippen LogP contribution in [0.3, 0.4) is 0 Å². The Hall–Kier alpha value is -1.53. The normalized spacial score (nSPS) is 10.4. The number of hydrogen-bond donors (Lipinski definition) is 2. The van der Waals surface area contributed by atoms with Gasteiger partial charge in [-0.2, -0.15) is 16.9 Å². The summed E-state index contributed by atoms with van der Waals surface area (Å²) < 4.78 is 1.64. The van der Waals surface area contributed by atoms with Crippen LogP contribution in [-0.2, 0) is 0 Å². The molecule has 0 aromatic carbocycles. The van der Waals surface area contributed by atoms with E-state index in [0.717, 1.165) is 11.4 Å². The zero-order valence-corrected chi connectivity index (χ0v) is 12.0. The molecule has 0 spiro atoms. The maximum absolute atomic E-state index is 7.81. The highest BCUT2D eigenvalue weighted by Crippen LogP contribution is 2.21. The number of hydrogen-bond acceptors (Lipinski definition) is 4. The van der Waals surface area contributed by atoms with Crippen LogP contribution in [-0.4, -0.2) is 32.6 Å². The molecule has 5 nitrogen and oxygen atoms in total. The van der Waals surface area contributed by atoms with Crippen molar-refractivity contribution in [1.82, 2.24) is 14.8 Å². The first-order valence-electron chi connectivity index (χ1n) is 5.69. The Morgan fingerprint density at radius 3 is 3.11 bits per heavy atom. The third kappa shape index (κ3) is 3.71. The molecular formula is C12H14ClN5S. The van der Waals surface area contributed by atoms with Gasteiger partial charge in [-0.3, -0.25) is 10.4 Å². The van der Waals surface area contributed by atoms with Crippen molar-refractivity contribution in [3.63, 3.8) is 0 Å². The minimum Gasteiger partial charge on any atom is -0.340 e. The number of halogens is 1. The van der Waals surface area contributed by atoms with Crippen molar-refractivity contribution in [2.45, 2.75) is 6.42 Å². The van der Waals surface area contributed by atoms with Gasteiger partial charge >= 0.3 is 0 Å². The van der Waals surface area contributed by atoms with Crippen molar-refractivity contribution in [1.29, 1.82) is 5.41 Å². The van der Waals surface area contributed by atoms with Gasteiger partial charge in [0.1, 0.15) is 0 Å². The summed E-state index contributed by atoms with van der Waals surface area (Å²) in [6.45, 7) is 0. The summed E-state index contributed by atoms with van der Waals surface area (Å²) in [7, 11) is 0. The Balaban J connectivity index is 2.11. The van der Waals surface area contributed by atoms with Crippen LogP contribution >= 0.6 is 23.4 Å². The monoisotopic (exact) mass is 295 g/mol. The van der Waals surface area contributed by atoms with E-state index in [1.165, 1.54) is 0 Å². The molecule has 0 aliphatic rings. The van der Waals surface area contributed by atoms with E-state index in [0.29, 0.717) is 23.1 Å². The number of pyridine rings is 1.